The van der Waals surface area contributed by atoms with Crippen LogP contribution in [0.5, 0.6) is 5.75 Å². The van der Waals surface area contributed by atoms with Crippen LogP contribution in [0.25, 0.3) is 0 Å². The van der Waals surface area contributed by atoms with Crippen molar-refractivity contribution in [1.29, 1.82) is 0 Å². The molecule has 1 unspecified atom stereocenters. The number of nitrogens with one attached hydrogen (secondary N) is 3. The SMILES string of the molecule is CC(Oc1ccc(C(C)C)cc1)C(=O)Nc1n[nH]c2c1CCNC2. The highest BCUT2D eigenvalue weighted by molar-refractivity contribution is 5.94. The highest BCUT2D eigenvalue weighted by Gasteiger charge is 2.21. The van der Waals surface area contributed by atoms with Crippen molar-refractivity contribution < 1.29 is 9.53 Å². The molecule has 1 amide bonds. The van der Waals surface area contributed by atoms with Crippen LogP contribution in [0.3, 0.4) is 0 Å². The van der Waals surface area contributed by atoms with E-state index in [-0.39, 0.29) is 5.91 Å². The summed E-state index contributed by atoms with van der Waals surface area (Å²) in [5.41, 5.74) is 3.36. The first-order valence-electron chi connectivity index (χ1n) is 8.39. The van der Waals surface area contributed by atoms with E-state index in [1.807, 2.05) is 24.3 Å². The molecule has 0 saturated heterocycles. The van der Waals surface area contributed by atoms with E-state index in [9.17, 15) is 4.79 Å². The molecule has 0 aliphatic carbocycles. The maximum absolute atomic E-state index is 12.4. The third-order valence-electron chi connectivity index (χ3n) is 4.28. The van der Waals surface area contributed by atoms with E-state index in [4.69, 9.17) is 4.74 Å². The number of nitrogens with zero attached hydrogens (tertiary/aromatic N) is 1. The third-order valence-corrected chi connectivity index (χ3v) is 4.28. The highest BCUT2D eigenvalue weighted by atomic mass is 16.5. The smallest absolute Gasteiger partial charge is 0.266 e. The topological polar surface area (TPSA) is 79.0 Å². The average molecular weight is 328 g/mol. The molecule has 0 saturated carbocycles. The number of carbonyl (C=O) groups is 1. The van der Waals surface area contributed by atoms with E-state index in [2.05, 4.69) is 34.7 Å². The molecule has 24 heavy (non-hydrogen) atoms. The summed E-state index contributed by atoms with van der Waals surface area (Å²) >= 11 is 0. The van der Waals surface area contributed by atoms with Gasteiger partial charge in [-0.05, 0) is 43.5 Å². The molecule has 6 heteroatoms. The summed E-state index contributed by atoms with van der Waals surface area (Å²) in [7, 11) is 0. The summed E-state index contributed by atoms with van der Waals surface area (Å²) in [6.45, 7) is 7.68. The minimum absolute atomic E-state index is 0.198. The molecule has 3 N–H and O–H groups in total. The minimum Gasteiger partial charge on any atom is -0.481 e. The fourth-order valence-electron chi connectivity index (χ4n) is 2.75. The molecule has 2 heterocycles. The Balaban J connectivity index is 1.61. The quantitative estimate of drug-likeness (QED) is 0.788. The summed E-state index contributed by atoms with van der Waals surface area (Å²) in [4.78, 5) is 12.4. The molecule has 0 spiro atoms. The van der Waals surface area contributed by atoms with Crippen molar-refractivity contribution in [2.24, 2.45) is 0 Å². The van der Waals surface area contributed by atoms with Crippen LogP contribution in [-0.2, 0) is 17.8 Å². The van der Waals surface area contributed by atoms with Crippen LogP contribution in [0.1, 0.15) is 43.5 Å². The van der Waals surface area contributed by atoms with Gasteiger partial charge >= 0.3 is 0 Å². The molecule has 2 aromatic rings. The van der Waals surface area contributed by atoms with Crippen molar-refractivity contribution in [2.75, 3.05) is 11.9 Å². The number of aromatic amines is 1. The maximum atomic E-state index is 12.4. The number of H-pyrrole nitrogens is 1. The van der Waals surface area contributed by atoms with Gasteiger partial charge in [-0.3, -0.25) is 9.89 Å². The maximum Gasteiger partial charge on any atom is 0.266 e. The second-order valence-electron chi connectivity index (χ2n) is 6.43. The largest absolute Gasteiger partial charge is 0.481 e. The van der Waals surface area contributed by atoms with Crippen molar-refractivity contribution in [2.45, 2.75) is 45.8 Å². The van der Waals surface area contributed by atoms with Gasteiger partial charge in [-0.15, -0.1) is 0 Å². The number of anilines is 1. The first kappa shape index (κ1) is 16.5. The molecule has 128 valence electrons. The minimum atomic E-state index is -0.594. The molecule has 1 aromatic heterocycles. The Hall–Kier alpha value is -2.34. The van der Waals surface area contributed by atoms with Gasteiger partial charge in [0.15, 0.2) is 11.9 Å². The molecule has 0 fully saturated rings. The van der Waals surface area contributed by atoms with E-state index < -0.39 is 6.10 Å². The van der Waals surface area contributed by atoms with E-state index in [0.29, 0.717) is 17.5 Å². The van der Waals surface area contributed by atoms with Crippen LogP contribution in [0.2, 0.25) is 0 Å². The Morgan fingerprint density at radius 1 is 1.25 bits per heavy atom. The third kappa shape index (κ3) is 3.59. The Morgan fingerprint density at radius 3 is 2.71 bits per heavy atom. The molecule has 1 aliphatic rings. The lowest BCUT2D eigenvalue weighted by Crippen LogP contribution is -2.31. The molecule has 6 nitrogen and oxygen atoms in total. The standard InChI is InChI=1S/C18H24N4O2/c1-11(2)13-4-6-14(7-5-13)24-12(3)18(23)20-17-15-8-9-19-10-16(15)21-22-17/h4-7,11-12,19H,8-10H2,1-3H3,(H2,20,21,22,23). The zero-order chi connectivity index (χ0) is 17.1. The molecule has 1 aromatic carbocycles. The van der Waals surface area contributed by atoms with E-state index in [1.165, 1.54) is 5.56 Å². The number of aromatic nitrogens is 2. The Labute approximate surface area is 142 Å². The summed E-state index contributed by atoms with van der Waals surface area (Å²) in [6.07, 6.45) is 0.261. The predicted molar refractivity (Wildman–Crippen MR) is 93.2 cm³/mol. The fourth-order valence-corrected chi connectivity index (χ4v) is 2.75. The van der Waals surface area contributed by atoms with Gasteiger partial charge in [0.05, 0.1) is 5.69 Å². The van der Waals surface area contributed by atoms with Crippen molar-refractivity contribution in [3.63, 3.8) is 0 Å². The van der Waals surface area contributed by atoms with Gasteiger partial charge in [-0.2, -0.15) is 5.10 Å². The Bertz CT molecular complexity index is 706. The van der Waals surface area contributed by atoms with Crippen molar-refractivity contribution in [3.8, 4) is 5.75 Å². The Kier molecular flexibility index (Phi) is 4.85. The van der Waals surface area contributed by atoms with Gasteiger partial charge in [-0.1, -0.05) is 26.0 Å². The fraction of sp³-hybridized carbons (Fsp3) is 0.444. The van der Waals surface area contributed by atoms with E-state index in [0.717, 1.165) is 30.8 Å². The first-order chi connectivity index (χ1) is 11.5. The Morgan fingerprint density at radius 2 is 2.00 bits per heavy atom. The van der Waals surface area contributed by atoms with Gasteiger partial charge in [0.25, 0.3) is 5.91 Å². The number of rotatable bonds is 5. The van der Waals surface area contributed by atoms with Gasteiger partial charge in [0.1, 0.15) is 5.75 Å². The molecule has 1 aliphatic heterocycles. The van der Waals surface area contributed by atoms with Crippen LogP contribution >= 0.6 is 0 Å². The summed E-state index contributed by atoms with van der Waals surface area (Å²) in [5, 5.41) is 13.3. The number of benzene rings is 1. The molecule has 0 radical (unpaired) electrons. The van der Waals surface area contributed by atoms with Crippen molar-refractivity contribution >= 4 is 11.7 Å². The molecule has 1 atom stereocenters. The van der Waals surface area contributed by atoms with Crippen LogP contribution in [-0.4, -0.2) is 28.8 Å². The van der Waals surface area contributed by atoms with Crippen LogP contribution < -0.4 is 15.4 Å². The van der Waals surface area contributed by atoms with Crippen LogP contribution in [0.4, 0.5) is 5.82 Å². The molecular formula is C18H24N4O2. The number of hydrogen-bond acceptors (Lipinski definition) is 4. The number of amides is 1. The lowest BCUT2D eigenvalue weighted by molar-refractivity contribution is -0.122. The van der Waals surface area contributed by atoms with Gasteiger partial charge in [-0.25, -0.2) is 0 Å². The summed E-state index contributed by atoms with van der Waals surface area (Å²) in [5.74, 6) is 1.58. The van der Waals surface area contributed by atoms with Crippen molar-refractivity contribution in [3.05, 3.63) is 41.1 Å². The van der Waals surface area contributed by atoms with Gasteiger partial charge in [0.2, 0.25) is 0 Å². The summed E-state index contributed by atoms with van der Waals surface area (Å²) in [6, 6.07) is 7.87. The second-order valence-corrected chi connectivity index (χ2v) is 6.43. The number of ether oxygens (including phenoxy) is 1. The predicted octanol–water partition coefficient (Wildman–Crippen LogP) is 2.58. The lowest BCUT2D eigenvalue weighted by Gasteiger charge is -2.16. The molecule has 0 bridgehead atoms. The lowest BCUT2D eigenvalue weighted by atomic mass is 10.0. The number of hydrogen-bond donors (Lipinski definition) is 3. The normalized spacial score (nSPS) is 15.0. The highest BCUT2D eigenvalue weighted by Crippen LogP contribution is 2.22. The average Bonchev–Trinajstić information content (AvgIpc) is 2.98. The zero-order valence-electron chi connectivity index (χ0n) is 14.3. The summed E-state index contributed by atoms with van der Waals surface area (Å²) < 4.78 is 5.74. The van der Waals surface area contributed by atoms with Gasteiger partial charge < -0.3 is 15.4 Å². The molecule has 3 rings (SSSR count). The number of fused-ring (bicyclic) bond motifs is 1. The van der Waals surface area contributed by atoms with Gasteiger partial charge in [0, 0.05) is 12.1 Å². The zero-order valence-corrected chi connectivity index (χ0v) is 14.3. The van der Waals surface area contributed by atoms with E-state index >= 15 is 0 Å². The van der Waals surface area contributed by atoms with Crippen molar-refractivity contribution in [1.82, 2.24) is 15.5 Å². The van der Waals surface area contributed by atoms with E-state index in [1.54, 1.807) is 6.92 Å². The molecular weight excluding hydrogens is 304 g/mol. The first-order valence-corrected chi connectivity index (χ1v) is 8.39. The second kappa shape index (κ2) is 7.05. The number of carbonyl (C=O) groups excluding carboxylic acids is 1. The van der Waals surface area contributed by atoms with Crippen LogP contribution in [0, 0.1) is 0 Å². The van der Waals surface area contributed by atoms with Crippen LogP contribution in [0.15, 0.2) is 24.3 Å². The monoisotopic (exact) mass is 328 g/mol.